The van der Waals surface area contributed by atoms with Crippen LogP contribution in [-0.2, 0) is 17.9 Å². The first-order valence-electron chi connectivity index (χ1n) is 9.28. The number of nitrogens with zero attached hydrogens (tertiary/aromatic N) is 1. The maximum Gasteiger partial charge on any atom is 0.240 e. The maximum absolute atomic E-state index is 12.2. The Hall–Kier alpha value is -1.10. The summed E-state index contributed by atoms with van der Waals surface area (Å²) in [6.45, 7) is 10.1. The van der Waals surface area contributed by atoms with Gasteiger partial charge in [0.15, 0.2) is 0 Å². The minimum Gasteiger partial charge on any atom is -0.350 e. The van der Waals surface area contributed by atoms with Crippen molar-refractivity contribution in [3.8, 4) is 0 Å². The number of amides is 1. The highest BCUT2D eigenvalue weighted by Crippen LogP contribution is 2.18. The number of hydrogen-bond donors (Lipinski definition) is 2. The van der Waals surface area contributed by atoms with E-state index in [1.807, 2.05) is 6.92 Å². The first-order chi connectivity index (χ1) is 11.4. The van der Waals surface area contributed by atoms with Gasteiger partial charge in [-0.15, -0.1) is 12.4 Å². The monoisotopic (exact) mass is 367 g/mol. The van der Waals surface area contributed by atoms with Gasteiger partial charge in [0, 0.05) is 13.1 Å². The number of halogens is 1. The first-order valence-corrected chi connectivity index (χ1v) is 9.28. The highest BCUT2D eigenvalue weighted by molar-refractivity contribution is 5.85. The summed E-state index contributed by atoms with van der Waals surface area (Å²) in [6.07, 6.45) is 4.20. The van der Waals surface area contributed by atoms with E-state index in [1.165, 1.54) is 31.5 Å². The normalized spacial score (nSPS) is 18.2. The van der Waals surface area contributed by atoms with E-state index in [-0.39, 0.29) is 18.3 Å². The Morgan fingerprint density at radius 3 is 2.60 bits per heavy atom. The summed E-state index contributed by atoms with van der Waals surface area (Å²) in [7, 11) is 0. The molecule has 1 aliphatic heterocycles. The SMILES string of the molecule is CCCC(C)(N)C(=O)NCc1cccc(CN2CCC(C)CC2)c1.Cl. The van der Waals surface area contributed by atoms with Crippen molar-refractivity contribution >= 4 is 18.3 Å². The fraction of sp³-hybridized carbons (Fsp3) is 0.650. The van der Waals surface area contributed by atoms with Gasteiger partial charge in [-0.3, -0.25) is 9.69 Å². The largest absolute Gasteiger partial charge is 0.350 e. The Morgan fingerprint density at radius 2 is 1.96 bits per heavy atom. The van der Waals surface area contributed by atoms with Crippen LogP contribution in [0.15, 0.2) is 24.3 Å². The van der Waals surface area contributed by atoms with E-state index in [0.717, 1.165) is 24.4 Å². The van der Waals surface area contributed by atoms with Crippen molar-refractivity contribution < 1.29 is 4.79 Å². The molecule has 0 radical (unpaired) electrons. The van der Waals surface area contributed by atoms with Gasteiger partial charge in [0.25, 0.3) is 0 Å². The van der Waals surface area contributed by atoms with Crippen LogP contribution in [0.2, 0.25) is 0 Å². The van der Waals surface area contributed by atoms with Crippen molar-refractivity contribution in [2.75, 3.05) is 13.1 Å². The molecule has 1 amide bonds. The predicted octanol–water partition coefficient (Wildman–Crippen LogP) is 3.47. The van der Waals surface area contributed by atoms with Gasteiger partial charge in [-0.1, -0.05) is 44.5 Å². The highest BCUT2D eigenvalue weighted by atomic mass is 35.5. The lowest BCUT2D eigenvalue weighted by Crippen LogP contribution is -2.51. The van der Waals surface area contributed by atoms with Crippen molar-refractivity contribution in [2.24, 2.45) is 11.7 Å². The second kappa shape index (κ2) is 10.1. The van der Waals surface area contributed by atoms with Crippen LogP contribution in [0.25, 0.3) is 0 Å². The molecule has 1 aromatic carbocycles. The summed E-state index contributed by atoms with van der Waals surface area (Å²) in [6, 6.07) is 8.52. The summed E-state index contributed by atoms with van der Waals surface area (Å²) >= 11 is 0. The van der Waals surface area contributed by atoms with Gasteiger partial charge < -0.3 is 11.1 Å². The van der Waals surface area contributed by atoms with E-state index in [9.17, 15) is 4.79 Å². The van der Waals surface area contributed by atoms with Crippen LogP contribution in [0, 0.1) is 5.92 Å². The lowest BCUT2D eigenvalue weighted by atomic mass is 9.96. The fourth-order valence-corrected chi connectivity index (χ4v) is 3.33. The molecule has 5 heteroatoms. The van der Waals surface area contributed by atoms with Gasteiger partial charge >= 0.3 is 0 Å². The molecule has 1 aromatic rings. The van der Waals surface area contributed by atoms with Crippen LogP contribution >= 0.6 is 12.4 Å². The molecule has 1 atom stereocenters. The van der Waals surface area contributed by atoms with Crippen LogP contribution in [-0.4, -0.2) is 29.4 Å². The predicted molar refractivity (Wildman–Crippen MR) is 107 cm³/mol. The van der Waals surface area contributed by atoms with Gasteiger partial charge in [0.2, 0.25) is 5.91 Å². The molecular formula is C20H34ClN3O. The van der Waals surface area contributed by atoms with Crippen LogP contribution in [0.4, 0.5) is 0 Å². The number of nitrogens with two attached hydrogens (primary N) is 1. The molecule has 1 fully saturated rings. The lowest BCUT2D eigenvalue weighted by molar-refractivity contribution is -0.126. The molecule has 3 N–H and O–H groups in total. The van der Waals surface area contributed by atoms with Gasteiger partial charge in [0.05, 0.1) is 5.54 Å². The number of hydrogen-bond acceptors (Lipinski definition) is 3. The zero-order valence-electron chi connectivity index (χ0n) is 15.9. The van der Waals surface area contributed by atoms with Gasteiger partial charge in [0.1, 0.15) is 0 Å². The number of carbonyl (C=O) groups excluding carboxylic acids is 1. The number of benzene rings is 1. The van der Waals surface area contributed by atoms with E-state index < -0.39 is 5.54 Å². The van der Waals surface area contributed by atoms with Crippen molar-refractivity contribution in [3.63, 3.8) is 0 Å². The van der Waals surface area contributed by atoms with Crippen molar-refractivity contribution in [1.29, 1.82) is 0 Å². The Labute approximate surface area is 158 Å². The molecule has 0 bridgehead atoms. The maximum atomic E-state index is 12.2. The summed E-state index contributed by atoms with van der Waals surface area (Å²) in [5.74, 6) is 0.788. The molecule has 142 valence electrons. The second-order valence-electron chi connectivity index (χ2n) is 7.63. The quantitative estimate of drug-likeness (QED) is 0.775. The van der Waals surface area contributed by atoms with Crippen LogP contribution in [0.1, 0.15) is 57.6 Å². The topological polar surface area (TPSA) is 58.4 Å². The van der Waals surface area contributed by atoms with Crippen molar-refractivity contribution in [2.45, 2.75) is 65.1 Å². The number of piperidine rings is 1. The molecule has 0 aromatic heterocycles. The molecule has 25 heavy (non-hydrogen) atoms. The average Bonchev–Trinajstić information content (AvgIpc) is 2.55. The number of carbonyl (C=O) groups is 1. The third-order valence-electron chi connectivity index (χ3n) is 5.01. The Balaban J connectivity index is 0.00000312. The lowest BCUT2D eigenvalue weighted by Gasteiger charge is -2.30. The smallest absolute Gasteiger partial charge is 0.240 e. The van der Waals surface area contributed by atoms with Crippen molar-refractivity contribution in [3.05, 3.63) is 35.4 Å². The molecule has 1 saturated heterocycles. The Morgan fingerprint density at radius 1 is 1.32 bits per heavy atom. The van der Waals surface area contributed by atoms with Crippen molar-refractivity contribution in [1.82, 2.24) is 10.2 Å². The molecule has 0 spiro atoms. The third kappa shape index (κ3) is 6.96. The number of nitrogens with one attached hydrogen (secondary N) is 1. The molecule has 1 unspecified atom stereocenters. The summed E-state index contributed by atoms with van der Waals surface area (Å²) < 4.78 is 0. The summed E-state index contributed by atoms with van der Waals surface area (Å²) in [5.41, 5.74) is 7.76. The minimum atomic E-state index is -0.781. The molecule has 0 saturated carbocycles. The highest BCUT2D eigenvalue weighted by Gasteiger charge is 2.26. The zero-order chi connectivity index (χ0) is 17.6. The van der Waals surface area contributed by atoms with E-state index in [0.29, 0.717) is 13.0 Å². The van der Waals surface area contributed by atoms with E-state index >= 15 is 0 Å². The Bertz CT molecular complexity index is 539. The van der Waals surface area contributed by atoms with Crippen LogP contribution < -0.4 is 11.1 Å². The molecular weight excluding hydrogens is 334 g/mol. The van der Waals surface area contributed by atoms with E-state index in [4.69, 9.17) is 5.73 Å². The standard InChI is InChI=1S/C20H33N3O.ClH/c1-4-10-20(3,21)19(24)22-14-17-6-5-7-18(13-17)15-23-11-8-16(2)9-12-23;/h5-7,13,16H,4,8-12,14-15,21H2,1-3H3,(H,22,24);1H. The number of likely N-dealkylation sites (tertiary alicyclic amines) is 1. The molecule has 1 heterocycles. The average molecular weight is 368 g/mol. The van der Waals surface area contributed by atoms with Gasteiger partial charge in [-0.05, 0) is 56.3 Å². The van der Waals surface area contributed by atoms with Gasteiger partial charge in [-0.25, -0.2) is 0 Å². The third-order valence-corrected chi connectivity index (χ3v) is 5.01. The molecule has 4 nitrogen and oxygen atoms in total. The molecule has 1 aliphatic rings. The second-order valence-corrected chi connectivity index (χ2v) is 7.63. The van der Waals surface area contributed by atoms with Crippen LogP contribution in [0.3, 0.4) is 0 Å². The fourth-order valence-electron chi connectivity index (χ4n) is 3.33. The molecule has 2 rings (SSSR count). The summed E-state index contributed by atoms with van der Waals surface area (Å²) in [5, 5.41) is 2.98. The van der Waals surface area contributed by atoms with Gasteiger partial charge in [-0.2, -0.15) is 0 Å². The zero-order valence-corrected chi connectivity index (χ0v) is 16.7. The van der Waals surface area contributed by atoms with E-state index in [1.54, 1.807) is 6.92 Å². The number of rotatable bonds is 7. The molecule has 0 aliphatic carbocycles. The first kappa shape index (κ1) is 21.9. The van der Waals surface area contributed by atoms with Crippen LogP contribution in [0.5, 0.6) is 0 Å². The summed E-state index contributed by atoms with van der Waals surface area (Å²) in [4.78, 5) is 14.7. The minimum absolute atomic E-state index is 0. The van der Waals surface area contributed by atoms with E-state index in [2.05, 4.69) is 41.4 Å². The Kier molecular flexibility index (Phi) is 8.91.